The number of benzene rings is 1. The van der Waals surface area contributed by atoms with Gasteiger partial charge in [-0.25, -0.2) is 9.18 Å². The summed E-state index contributed by atoms with van der Waals surface area (Å²) in [6.07, 6.45) is -0.706. The van der Waals surface area contributed by atoms with Crippen LogP contribution in [0.25, 0.3) is 0 Å². The molecule has 0 spiro atoms. The summed E-state index contributed by atoms with van der Waals surface area (Å²) >= 11 is 0. The Labute approximate surface area is 78.6 Å². The Bertz CT molecular complexity index is 332. The van der Waals surface area contributed by atoms with Crippen LogP contribution in [0.1, 0.15) is 5.56 Å². The fourth-order valence-electron chi connectivity index (χ4n) is 0.948. The molecular formula is C9H8F2O3. The standard InChI is InChI=1S/C9H8F2O3/c10-7-3-1-6(2-4-7)5-9(11,14)8(12)13/h1-4,14H,5H2,(H,12,13). The van der Waals surface area contributed by atoms with Gasteiger partial charge in [0.15, 0.2) is 0 Å². The first-order chi connectivity index (χ1) is 6.42. The van der Waals surface area contributed by atoms with Crippen molar-refractivity contribution in [3.8, 4) is 0 Å². The second-order valence-electron chi connectivity index (χ2n) is 2.87. The Balaban J connectivity index is 2.79. The molecule has 0 amide bonds. The minimum Gasteiger partial charge on any atom is -0.477 e. The summed E-state index contributed by atoms with van der Waals surface area (Å²) in [4.78, 5) is 10.2. The van der Waals surface area contributed by atoms with Crippen LogP contribution in [0.4, 0.5) is 8.78 Å². The molecule has 0 saturated carbocycles. The molecule has 0 aliphatic carbocycles. The highest BCUT2D eigenvalue weighted by Gasteiger charge is 2.35. The number of carboxylic acid groups (broad SMARTS) is 1. The first kappa shape index (κ1) is 10.6. The number of aliphatic hydroxyl groups is 1. The maximum Gasteiger partial charge on any atom is 0.369 e. The molecule has 1 aromatic rings. The van der Waals surface area contributed by atoms with E-state index in [9.17, 15) is 13.6 Å². The van der Waals surface area contributed by atoms with E-state index in [0.29, 0.717) is 0 Å². The number of hydrogen-bond donors (Lipinski definition) is 2. The van der Waals surface area contributed by atoms with Crippen LogP contribution >= 0.6 is 0 Å². The summed E-state index contributed by atoms with van der Waals surface area (Å²) < 4.78 is 25.3. The summed E-state index contributed by atoms with van der Waals surface area (Å²) in [5.74, 6) is -5.77. The van der Waals surface area contributed by atoms with Gasteiger partial charge in [-0.2, -0.15) is 4.39 Å². The lowest BCUT2D eigenvalue weighted by Gasteiger charge is -2.12. The number of carboxylic acids is 1. The van der Waals surface area contributed by atoms with E-state index < -0.39 is 24.1 Å². The molecule has 0 aromatic heterocycles. The highest BCUT2D eigenvalue weighted by Crippen LogP contribution is 2.15. The van der Waals surface area contributed by atoms with E-state index >= 15 is 0 Å². The van der Waals surface area contributed by atoms with Gasteiger partial charge in [-0.3, -0.25) is 0 Å². The van der Waals surface area contributed by atoms with Crippen LogP contribution in [0.5, 0.6) is 0 Å². The van der Waals surface area contributed by atoms with Gasteiger partial charge in [-0.15, -0.1) is 0 Å². The molecule has 76 valence electrons. The van der Waals surface area contributed by atoms with Gasteiger partial charge in [-0.1, -0.05) is 12.1 Å². The average Bonchev–Trinajstić information content (AvgIpc) is 2.08. The van der Waals surface area contributed by atoms with E-state index in [4.69, 9.17) is 10.2 Å². The second-order valence-corrected chi connectivity index (χ2v) is 2.87. The average molecular weight is 202 g/mol. The van der Waals surface area contributed by atoms with Crippen molar-refractivity contribution < 1.29 is 23.8 Å². The predicted molar refractivity (Wildman–Crippen MR) is 43.8 cm³/mol. The minimum absolute atomic E-state index is 0.207. The molecular weight excluding hydrogens is 194 g/mol. The Kier molecular flexibility index (Phi) is 2.81. The van der Waals surface area contributed by atoms with Gasteiger partial charge >= 0.3 is 11.8 Å². The van der Waals surface area contributed by atoms with Gasteiger partial charge in [0.1, 0.15) is 5.82 Å². The maximum absolute atomic E-state index is 12.9. The van der Waals surface area contributed by atoms with E-state index in [0.717, 1.165) is 12.1 Å². The van der Waals surface area contributed by atoms with E-state index in [1.807, 2.05) is 0 Å². The van der Waals surface area contributed by atoms with Crippen LogP contribution < -0.4 is 0 Å². The number of rotatable bonds is 3. The first-order valence-corrected chi connectivity index (χ1v) is 3.81. The zero-order chi connectivity index (χ0) is 10.8. The molecule has 14 heavy (non-hydrogen) atoms. The highest BCUT2D eigenvalue weighted by molar-refractivity contribution is 5.75. The van der Waals surface area contributed by atoms with Crippen molar-refractivity contribution >= 4 is 5.97 Å². The lowest BCUT2D eigenvalue weighted by atomic mass is 10.1. The molecule has 1 atom stereocenters. The quantitative estimate of drug-likeness (QED) is 0.771. The van der Waals surface area contributed by atoms with Crippen molar-refractivity contribution in [3.05, 3.63) is 35.6 Å². The molecule has 0 radical (unpaired) electrons. The van der Waals surface area contributed by atoms with E-state index in [1.54, 1.807) is 0 Å². The van der Waals surface area contributed by atoms with Gasteiger partial charge in [0, 0.05) is 6.42 Å². The number of halogens is 2. The third-order valence-corrected chi connectivity index (χ3v) is 1.68. The molecule has 1 unspecified atom stereocenters. The van der Waals surface area contributed by atoms with E-state index in [2.05, 4.69) is 0 Å². The molecule has 1 rings (SSSR count). The van der Waals surface area contributed by atoms with E-state index in [-0.39, 0.29) is 5.56 Å². The fraction of sp³-hybridized carbons (Fsp3) is 0.222. The minimum atomic E-state index is -3.31. The summed E-state index contributed by atoms with van der Waals surface area (Å²) in [6.45, 7) is 0. The molecule has 0 aliphatic heterocycles. The zero-order valence-corrected chi connectivity index (χ0v) is 7.08. The lowest BCUT2D eigenvalue weighted by molar-refractivity contribution is -0.179. The molecule has 1 aromatic carbocycles. The molecule has 2 N–H and O–H groups in total. The van der Waals surface area contributed by atoms with Crippen molar-refractivity contribution in [2.45, 2.75) is 12.3 Å². The van der Waals surface area contributed by atoms with Crippen LogP contribution in [-0.2, 0) is 11.2 Å². The van der Waals surface area contributed by atoms with Crippen molar-refractivity contribution in [1.82, 2.24) is 0 Å². The number of carbonyl (C=O) groups is 1. The molecule has 0 saturated heterocycles. The van der Waals surface area contributed by atoms with Crippen LogP contribution in [0.3, 0.4) is 0 Å². The molecule has 0 aliphatic rings. The van der Waals surface area contributed by atoms with Gasteiger partial charge < -0.3 is 10.2 Å². The van der Waals surface area contributed by atoms with Gasteiger partial charge in [0.05, 0.1) is 0 Å². The molecule has 0 fully saturated rings. The van der Waals surface area contributed by atoms with Crippen LogP contribution in [0, 0.1) is 5.82 Å². The Hall–Kier alpha value is -1.49. The Morgan fingerprint density at radius 3 is 2.29 bits per heavy atom. The Morgan fingerprint density at radius 1 is 1.36 bits per heavy atom. The number of aliphatic carboxylic acids is 1. The maximum atomic E-state index is 12.9. The van der Waals surface area contributed by atoms with Gasteiger partial charge in [0.2, 0.25) is 0 Å². The molecule has 3 nitrogen and oxygen atoms in total. The largest absolute Gasteiger partial charge is 0.477 e. The highest BCUT2D eigenvalue weighted by atomic mass is 19.2. The topological polar surface area (TPSA) is 57.5 Å². The molecule has 0 bridgehead atoms. The first-order valence-electron chi connectivity index (χ1n) is 3.81. The van der Waals surface area contributed by atoms with Crippen LogP contribution in [0.2, 0.25) is 0 Å². The van der Waals surface area contributed by atoms with E-state index in [1.165, 1.54) is 12.1 Å². The molecule has 0 heterocycles. The lowest BCUT2D eigenvalue weighted by Crippen LogP contribution is -2.35. The van der Waals surface area contributed by atoms with Crippen molar-refractivity contribution in [2.75, 3.05) is 0 Å². The fourth-order valence-corrected chi connectivity index (χ4v) is 0.948. The van der Waals surface area contributed by atoms with Crippen LogP contribution in [0.15, 0.2) is 24.3 Å². The predicted octanol–water partition coefficient (Wildman–Crippen LogP) is 1.11. The summed E-state index contributed by atoms with van der Waals surface area (Å²) in [6, 6.07) is 4.55. The summed E-state index contributed by atoms with van der Waals surface area (Å²) in [5, 5.41) is 17.0. The summed E-state index contributed by atoms with van der Waals surface area (Å²) in [5.41, 5.74) is 0.207. The normalized spacial score (nSPS) is 14.8. The van der Waals surface area contributed by atoms with Crippen molar-refractivity contribution in [1.29, 1.82) is 0 Å². The SMILES string of the molecule is O=C(O)C(O)(F)Cc1ccc(F)cc1. The van der Waals surface area contributed by atoms with Crippen LogP contribution in [-0.4, -0.2) is 22.0 Å². The van der Waals surface area contributed by atoms with Crippen molar-refractivity contribution in [3.63, 3.8) is 0 Å². The zero-order valence-electron chi connectivity index (χ0n) is 7.08. The summed E-state index contributed by atoms with van der Waals surface area (Å²) in [7, 11) is 0. The Morgan fingerprint density at radius 2 is 1.86 bits per heavy atom. The third kappa shape index (κ3) is 2.50. The molecule has 5 heteroatoms. The number of alkyl halides is 1. The number of hydrogen-bond acceptors (Lipinski definition) is 2. The van der Waals surface area contributed by atoms with Gasteiger partial charge in [-0.05, 0) is 17.7 Å². The smallest absolute Gasteiger partial charge is 0.369 e. The second kappa shape index (κ2) is 3.71. The van der Waals surface area contributed by atoms with Crippen molar-refractivity contribution in [2.24, 2.45) is 0 Å². The van der Waals surface area contributed by atoms with Gasteiger partial charge in [0.25, 0.3) is 0 Å². The third-order valence-electron chi connectivity index (χ3n) is 1.68. The monoisotopic (exact) mass is 202 g/mol.